The average Bonchev–Trinajstić information content (AvgIpc) is 2.27. The Labute approximate surface area is 120 Å². The highest BCUT2D eigenvalue weighted by molar-refractivity contribution is 7.44. The van der Waals surface area contributed by atoms with Gasteiger partial charge in [0.25, 0.3) is 8.53 Å². The number of hydrogen-bond acceptors (Lipinski definition) is 4. The van der Waals surface area contributed by atoms with E-state index in [2.05, 4.69) is 52.3 Å². The van der Waals surface area contributed by atoms with Crippen LogP contribution in [0.15, 0.2) is 0 Å². The molecule has 1 atom stereocenters. The maximum Gasteiger partial charge on any atom is 0.259 e. The lowest BCUT2D eigenvalue weighted by Crippen LogP contribution is -2.33. The molecule has 0 rings (SSSR count). The lowest BCUT2D eigenvalue weighted by Gasteiger charge is -2.35. The lowest BCUT2D eigenvalue weighted by molar-refractivity contribution is 0.171. The number of nitrogens with zero attached hydrogens (tertiary/aromatic N) is 2. The van der Waals surface area contributed by atoms with Crippen molar-refractivity contribution in [1.82, 2.24) is 4.67 Å². The number of nitriles is 1. The highest BCUT2D eigenvalue weighted by Gasteiger charge is 2.26. The second kappa shape index (κ2) is 10.6. The fourth-order valence-corrected chi connectivity index (χ4v) is 3.28. The first kappa shape index (κ1) is 18.8. The van der Waals surface area contributed by atoms with Gasteiger partial charge in [0.15, 0.2) is 0 Å². The van der Waals surface area contributed by atoms with Crippen molar-refractivity contribution in [3.63, 3.8) is 0 Å². The predicted molar refractivity (Wildman–Crippen MR) is 80.6 cm³/mol. The molecule has 0 aliphatic carbocycles. The van der Waals surface area contributed by atoms with Crippen molar-refractivity contribution in [1.29, 1.82) is 5.26 Å². The van der Waals surface area contributed by atoms with E-state index in [0.29, 0.717) is 37.6 Å². The van der Waals surface area contributed by atoms with Crippen molar-refractivity contribution in [3.05, 3.63) is 0 Å². The zero-order chi connectivity index (χ0) is 14.8. The van der Waals surface area contributed by atoms with Gasteiger partial charge in [-0.3, -0.25) is 0 Å². The van der Waals surface area contributed by atoms with E-state index in [1.807, 2.05) is 0 Å². The molecule has 0 bridgehead atoms. The van der Waals surface area contributed by atoms with E-state index in [1.54, 1.807) is 0 Å². The minimum Gasteiger partial charge on any atom is -0.322 e. The predicted octanol–water partition coefficient (Wildman–Crippen LogP) is 4.33. The van der Waals surface area contributed by atoms with Crippen LogP contribution in [-0.2, 0) is 9.05 Å². The first-order chi connectivity index (χ1) is 8.90. The van der Waals surface area contributed by atoms with Gasteiger partial charge in [0.2, 0.25) is 0 Å². The summed E-state index contributed by atoms with van der Waals surface area (Å²) in [5.74, 6) is 0.627. The first-order valence-corrected chi connectivity index (χ1v) is 8.24. The summed E-state index contributed by atoms with van der Waals surface area (Å²) in [6, 6.07) is 2.84. The molecule has 0 spiro atoms. The Morgan fingerprint density at radius 3 is 1.95 bits per heavy atom. The van der Waals surface area contributed by atoms with Crippen LogP contribution in [0.5, 0.6) is 0 Å². The van der Waals surface area contributed by atoms with Crippen LogP contribution in [0, 0.1) is 17.2 Å². The third-order valence-electron chi connectivity index (χ3n) is 2.56. The molecule has 0 aromatic carbocycles. The Hall–Kier alpha value is -0.200. The highest BCUT2D eigenvalue weighted by Crippen LogP contribution is 2.46. The third kappa shape index (κ3) is 8.55. The Morgan fingerprint density at radius 2 is 1.53 bits per heavy atom. The fraction of sp³-hybridized carbons (Fsp3) is 0.929. The van der Waals surface area contributed by atoms with Gasteiger partial charge in [-0.1, -0.05) is 13.8 Å². The molecule has 0 aliphatic heterocycles. The molecular weight excluding hydrogens is 259 g/mol. The zero-order valence-electron chi connectivity index (χ0n) is 13.2. The van der Waals surface area contributed by atoms with Crippen LogP contribution >= 0.6 is 8.53 Å². The van der Waals surface area contributed by atoms with Crippen LogP contribution in [0.1, 0.15) is 54.4 Å². The molecule has 0 saturated carbocycles. The smallest absolute Gasteiger partial charge is 0.259 e. The Morgan fingerprint density at radius 1 is 1.00 bits per heavy atom. The van der Waals surface area contributed by atoms with Crippen LogP contribution in [-0.4, -0.2) is 30.0 Å². The standard InChI is InChI=1S/C14H29N2O2P/c1-12(2)8-11-18-19(17-10-7-9-15)16(13(3)4)14(5)6/h12-14H,7-8,10-11H2,1-6H3. The molecule has 0 aromatic rings. The second-order valence-electron chi connectivity index (χ2n) is 5.56. The van der Waals surface area contributed by atoms with Crippen molar-refractivity contribution in [2.24, 2.45) is 5.92 Å². The van der Waals surface area contributed by atoms with E-state index in [9.17, 15) is 0 Å². The molecule has 0 aliphatic rings. The van der Waals surface area contributed by atoms with Crippen LogP contribution in [0.2, 0.25) is 0 Å². The molecular formula is C14H29N2O2P. The summed E-state index contributed by atoms with van der Waals surface area (Å²) < 4.78 is 14.0. The Balaban J connectivity index is 4.48. The van der Waals surface area contributed by atoms with E-state index in [-0.39, 0.29) is 0 Å². The van der Waals surface area contributed by atoms with Gasteiger partial charge in [-0.2, -0.15) is 5.26 Å². The molecule has 1 unspecified atom stereocenters. The van der Waals surface area contributed by atoms with Crippen molar-refractivity contribution in [2.75, 3.05) is 13.2 Å². The van der Waals surface area contributed by atoms with Gasteiger partial charge in [-0.25, -0.2) is 4.67 Å². The quantitative estimate of drug-likeness (QED) is 0.443. The number of hydrogen-bond donors (Lipinski definition) is 0. The van der Waals surface area contributed by atoms with Crippen LogP contribution in [0.3, 0.4) is 0 Å². The Kier molecular flexibility index (Phi) is 10.5. The maximum absolute atomic E-state index is 8.61. The molecule has 0 heterocycles. The molecule has 4 nitrogen and oxygen atoms in total. The van der Waals surface area contributed by atoms with Crippen LogP contribution in [0.4, 0.5) is 0 Å². The largest absolute Gasteiger partial charge is 0.322 e. The zero-order valence-corrected chi connectivity index (χ0v) is 14.1. The molecule has 0 radical (unpaired) electrons. The molecule has 0 fully saturated rings. The summed E-state index contributed by atoms with van der Waals surface area (Å²) in [6.07, 6.45) is 1.45. The van der Waals surface area contributed by atoms with Gasteiger partial charge in [0, 0.05) is 12.1 Å². The van der Waals surface area contributed by atoms with E-state index in [1.165, 1.54) is 0 Å². The Bertz CT molecular complexity index is 257. The van der Waals surface area contributed by atoms with Gasteiger partial charge in [-0.05, 0) is 40.0 Å². The van der Waals surface area contributed by atoms with E-state index in [4.69, 9.17) is 14.3 Å². The van der Waals surface area contributed by atoms with Gasteiger partial charge < -0.3 is 9.05 Å². The lowest BCUT2D eigenvalue weighted by atomic mass is 10.2. The van der Waals surface area contributed by atoms with Gasteiger partial charge in [0.1, 0.15) is 0 Å². The third-order valence-corrected chi connectivity index (χ3v) is 4.67. The number of rotatable bonds is 10. The van der Waals surface area contributed by atoms with E-state index < -0.39 is 8.53 Å². The van der Waals surface area contributed by atoms with Crippen molar-refractivity contribution >= 4 is 8.53 Å². The van der Waals surface area contributed by atoms with Gasteiger partial charge in [-0.15, -0.1) is 0 Å². The topological polar surface area (TPSA) is 45.5 Å². The SMILES string of the molecule is CC(C)CCOP(OCCC#N)N(C(C)C)C(C)C. The highest BCUT2D eigenvalue weighted by atomic mass is 31.2. The average molecular weight is 288 g/mol. The normalized spacial score (nSPS) is 13.5. The summed E-state index contributed by atoms with van der Waals surface area (Å²) in [6.45, 7) is 14.1. The van der Waals surface area contributed by atoms with E-state index >= 15 is 0 Å². The molecule has 0 amide bonds. The molecule has 0 aromatic heterocycles. The first-order valence-electron chi connectivity index (χ1n) is 7.11. The molecule has 5 heteroatoms. The fourth-order valence-electron chi connectivity index (χ4n) is 1.68. The minimum atomic E-state index is -1.06. The van der Waals surface area contributed by atoms with Crippen molar-refractivity contribution in [2.45, 2.75) is 66.5 Å². The second-order valence-corrected chi connectivity index (χ2v) is 7.02. The van der Waals surface area contributed by atoms with E-state index in [0.717, 1.165) is 6.42 Å². The summed E-state index contributed by atoms with van der Waals surface area (Å²) in [5, 5.41) is 8.61. The molecule has 19 heavy (non-hydrogen) atoms. The monoisotopic (exact) mass is 288 g/mol. The molecule has 0 N–H and O–H groups in total. The van der Waals surface area contributed by atoms with Crippen LogP contribution < -0.4 is 0 Å². The van der Waals surface area contributed by atoms with Gasteiger partial charge in [0.05, 0.1) is 25.7 Å². The van der Waals surface area contributed by atoms with Crippen molar-refractivity contribution < 1.29 is 9.05 Å². The van der Waals surface area contributed by atoms with Crippen LogP contribution in [0.25, 0.3) is 0 Å². The molecule has 112 valence electrons. The summed E-state index contributed by atoms with van der Waals surface area (Å²) >= 11 is 0. The van der Waals surface area contributed by atoms with Crippen molar-refractivity contribution in [3.8, 4) is 6.07 Å². The van der Waals surface area contributed by atoms with Gasteiger partial charge >= 0.3 is 0 Å². The minimum absolute atomic E-state index is 0.368. The summed E-state index contributed by atoms with van der Waals surface area (Å²) in [7, 11) is -1.06. The maximum atomic E-state index is 8.61. The molecule has 0 saturated heterocycles. The summed E-state index contributed by atoms with van der Waals surface area (Å²) in [5.41, 5.74) is 0. The summed E-state index contributed by atoms with van der Waals surface area (Å²) in [4.78, 5) is 0.